The van der Waals surface area contributed by atoms with E-state index in [2.05, 4.69) is 4.90 Å². The Morgan fingerprint density at radius 3 is 1.31 bits per heavy atom. The predicted octanol–water partition coefficient (Wildman–Crippen LogP) is 4.14. The van der Waals surface area contributed by atoms with Gasteiger partial charge in [0.15, 0.2) is 28.8 Å². The van der Waals surface area contributed by atoms with Crippen LogP contribution in [-0.4, -0.2) is 73.5 Å². The molecule has 1 fully saturated rings. The summed E-state index contributed by atoms with van der Waals surface area (Å²) in [5.74, 6) is 3.00. The topological polar surface area (TPSA) is 75.7 Å². The molecule has 0 unspecified atom stereocenters. The van der Waals surface area contributed by atoms with Crippen molar-refractivity contribution in [3.8, 4) is 34.5 Å². The molecule has 0 atom stereocenters. The van der Waals surface area contributed by atoms with Gasteiger partial charge in [0.05, 0.1) is 42.7 Å². The number of nitrogens with zero attached hydrogens (tertiary/aromatic N) is 1. The number of ketones is 1. The lowest BCUT2D eigenvalue weighted by Gasteiger charge is -2.26. The Balaban J connectivity index is 0.00000432. The summed E-state index contributed by atoms with van der Waals surface area (Å²) < 4.78 is 32.8. The van der Waals surface area contributed by atoms with E-state index in [1.54, 1.807) is 54.8 Å². The summed E-state index contributed by atoms with van der Waals surface area (Å²) in [5.41, 5.74) is 2.71. The van der Waals surface area contributed by atoms with Crippen molar-refractivity contribution in [2.75, 3.05) is 62.8 Å². The fourth-order valence-electron chi connectivity index (χ4n) is 4.06. The molecule has 0 aromatic heterocycles. The molecule has 1 heterocycles. The fourth-order valence-corrected chi connectivity index (χ4v) is 4.06. The summed E-state index contributed by atoms with van der Waals surface area (Å²) >= 11 is 0. The van der Waals surface area contributed by atoms with Crippen LogP contribution in [0.2, 0.25) is 0 Å². The molecule has 0 spiro atoms. The predicted molar refractivity (Wildman–Crippen MR) is 138 cm³/mol. The molecule has 0 amide bonds. The highest BCUT2D eigenvalue weighted by atomic mass is 35.5. The van der Waals surface area contributed by atoms with Gasteiger partial charge in [0.1, 0.15) is 0 Å². The summed E-state index contributed by atoms with van der Waals surface area (Å²) in [4.78, 5) is 15.5. The second-order valence-corrected chi connectivity index (χ2v) is 7.69. The SMILES string of the molecule is COc1ccc(/C=C2/CN(C)C/C(=C\c3ccc(OC)c(OC)c3OC)C2=O)c(OC)c1OC.Cl. The highest BCUT2D eigenvalue weighted by Gasteiger charge is 2.26. The Hall–Kier alpha value is -3.36. The van der Waals surface area contributed by atoms with Gasteiger partial charge in [-0.2, -0.15) is 0 Å². The molecule has 2 aromatic rings. The first kappa shape index (κ1) is 27.9. The number of carbonyl (C=O) groups excluding carboxylic acids is 1. The summed E-state index contributed by atoms with van der Waals surface area (Å²) in [6.07, 6.45) is 3.66. The maximum atomic E-state index is 13.5. The molecular formula is C26H32ClNO7. The molecule has 8 nitrogen and oxygen atoms in total. The van der Waals surface area contributed by atoms with E-state index in [1.807, 2.05) is 31.3 Å². The molecule has 0 radical (unpaired) electrons. The van der Waals surface area contributed by atoms with Crippen molar-refractivity contribution in [1.82, 2.24) is 4.90 Å². The zero-order valence-electron chi connectivity index (χ0n) is 21.1. The average molecular weight is 506 g/mol. The van der Waals surface area contributed by atoms with Crippen LogP contribution in [0.1, 0.15) is 11.1 Å². The number of Topliss-reactive ketones (excluding diaryl/α,β-unsaturated/α-hetero) is 1. The Morgan fingerprint density at radius 2 is 1.00 bits per heavy atom. The lowest BCUT2D eigenvalue weighted by atomic mass is 9.94. The molecule has 1 aliphatic heterocycles. The molecule has 1 aliphatic rings. The van der Waals surface area contributed by atoms with Crippen LogP contribution < -0.4 is 28.4 Å². The highest BCUT2D eigenvalue weighted by Crippen LogP contribution is 2.42. The number of halogens is 1. The number of ether oxygens (including phenoxy) is 6. The van der Waals surface area contributed by atoms with Crippen molar-refractivity contribution in [2.24, 2.45) is 0 Å². The van der Waals surface area contributed by atoms with E-state index in [0.29, 0.717) is 58.7 Å². The quantitative estimate of drug-likeness (QED) is 0.495. The van der Waals surface area contributed by atoms with Crippen molar-refractivity contribution >= 4 is 30.3 Å². The van der Waals surface area contributed by atoms with E-state index < -0.39 is 0 Å². The van der Waals surface area contributed by atoms with Crippen molar-refractivity contribution in [3.05, 3.63) is 46.5 Å². The lowest BCUT2D eigenvalue weighted by Crippen LogP contribution is -2.34. The van der Waals surface area contributed by atoms with Crippen molar-refractivity contribution in [2.45, 2.75) is 0 Å². The van der Waals surface area contributed by atoms with Gasteiger partial charge in [-0.3, -0.25) is 9.69 Å². The van der Waals surface area contributed by atoms with Gasteiger partial charge >= 0.3 is 0 Å². The third kappa shape index (κ3) is 5.66. The van der Waals surface area contributed by atoms with Crippen molar-refractivity contribution in [3.63, 3.8) is 0 Å². The van der Waals surface area contributed by atoms with Crippen LogP contribution in [0.4, 0.5) is 0 Å². The van der Waals surface area contributed by atoms with Crippen LogP contribution >= 0.6 is 12.4 Å². The molecule has 0 aliphatic carbocycles. The third-order valence-corrected chi connectivity index (χ3v) is 5.59. The summed E-state index contributed by atoms with van der Waals surface area (Å²) in [7, 11) is 11.3. The molecule has 3 rings (SSSR count). The highest BCUT2D eigenvalue weighted by molar-refractivity contribution is 6.15. The van der Waals surface area contributed by atoms with E-state index in [4.69, 9.17) is 28.4 Å². The van der Waals surface area contributed by atoms with E-state index in [9.17, 15) is 4.79 Å². The normalized spacial score (nSPS) is 16.0. The smallest absolute Gasteiger partial charge is 0.203 e. The minimum atomic E-state index is -0.0493. The van der Waals surface area contributed by atoms with E-state index in [-0.39, 0.29) is 18.2 Å². The number of rotatable bonds is 8. The van der Waals surface area contributed by atoms with Gasteiger partial charge in [-0.15, -0.1) is 12.4 Å². The van der Waals surface area contributed by atoms with Gasteiger partial charge in [0.2, 0.25) is 11.5 Å². The van der Waals surface area contributed by atoms with Gasteiger partial charge in [-0.25, -0.2) is 0 Å². The molecule has 9 heteroatoms. The van der Waals surface area contributed by atoms with Gasteiger partial charge in [0, 0.05) is 35.4 Å². The first-order valence-electron chi connectivity index (χ1n) is 10.6. The number of hydrogen-bond donors (Lipinski definition) is 0. The van der Waals surface area contributed by atoms with Gasteiger partial charge < -0.3 is 28.4 Å². The van der Waals surface area contributed by atoms with Crippen molar-refractivity contribution < 1.29 is 33.2 Å². The molecule has 190 valence electrons. The molecule has 35 heavy (non-hydrogen) atoms. The molecule has 1 saturated heterocycles. The first-order valence-corrected chi connectivity index (χ1v) is 10.6. The van der Waals surface area contributed by atoms with E-state index in [0.717, 1.165) is 11.1 Å². The van der Waals surface area contributed by atoms with Crippen LogP contribution in [0.15, 0.2) is 35.4 Å². The van der Waals surface area contributed by atoms with E-state index >= 15 is 0 Å². The molecule has 2 aromatic carbocycles. The zero-order valence-corrected chi connectivity index (χ0v) is 21.9. The second kappa shape index (κ2) is 12.4. The number of piperidine rings is 1. The van der Waals surface area contributed by atoms with Crippen LogP contribution in [-0.2, 0) is 4.79 Å². The van der Waals surface area contributed by atoms with Crippen LogP contribution in [0.3, 0.4) is 0 Å². The zero-order chi connectivity index (χ0) is 24.8. The largest absolute Gasteiger partial charge is 0.493 e. The standard InChI is InChI=1S/C26H31NO7.ClH/c1-27-14-18(12-16-8-10-20(29-2)25(33-6)23(16)31-4)22(28)19(15-27)13-17-9-11-21(30-3)26(34-7)24(17)32-5;/h8-13H,14-15H2,1-7H3;1H/b18-12-,19-13+;. The molecular weight excluding hydrogens is 474 g/mol. The summed E-state index contributed by atoms with van der Waals surface area (Å²) in [5, 5.41) is 0. The third-order valence-electron chi connectivity index (χ3n) is 5.59. The van der Waals surface area contributed by atoms with Crippen LogP contribution in [0.5, 0.6) is 34.5 Å². The maximum Gasteiger partial charge on any atom is 0.203 e. The van der Waals surface area contributed by atoms with Crippen LogP contribution in [0.25, 0.3) is 12.2 Å². The maximum absolute atomic E-state index is 13.5. The Morgan fingerprint density at radius 1 is 0.629 bits per heavy atom. The second-order valence-electron chi connectivity index (χ2n) is 7.69. The number of methoxy groups -OCH3 is 6. The van der Waals surface area contributed by atoms with Gasteiger partial charge in [-0.05, 0) is 43.5 Å². The number of hydrogen-bond acceptors (Lipinski definition) is 8. The minimum absolute atomic E-state index is 0. The summed E-state index contributed by atoms with van der Waals surface area (Å²) in [6.45, 7) is 0.994. The van der Waals surface area contributed by atoms with Gasteiger partial charge in [0.25, 0.3) is 0 Å². The monoisotopic (exact) mass is 505 g/mol. The Bertz CT molecular complexity index is 1040. The lowest BCUT2D eigenvalue weighted by molar-refractivity contribution is -0.113. The number of carbonyl (C=O) groups is 1. The molecule has 0 N–H and O–H groups in total. The summed E-state index contributed by atoms with van der Waals surface area (Å²) in [6, 6.07) is 7.26. The van der Waals surface area contributed by atoms with Crippen LogP contribution in [0, 0.1) is 0 Å². The molecule has 0 saturated carbocycles. The minimum Gasteiger partial charge on any atom is -0.493 e. The Kier molecular flexibility index (Phi) is 9.86. The number of likely N-dealkylation sites (tertiary alicyclic amines) is 1. The first-order chi connectivity index (χ1) is 16.4. The van der Waals surface area contributed by atoms with Crippen molar-refractivity contribution in [1.29, 1.82) is 0 Å². The average Bonchev–Trinajstić information content (AvgIpc) is 2.85. The Labute approximate surface area is 212 Å². The van der Waals surface area contributed by atoms with Gasteiger partial charge in [-0.1, -0.05) is 0 Å². The number of benzene rings is 2. The number of likely N-dealkylation sites (N-methyl/N-ethyl adjacent to an activating group) is 1. The molecule has 0 bridgehead atoms. The fraction of sp³-hybridized carbons (Fsp3) is 0.346. The van der Waals surface area contributed by atoms with E-state index in [1.165, 1.54) is 0 Å².